The first-order valence-electron chi connectivity index (χ1n) is 3.23. The minimum absolute atomic E-state index is 0.207. The van der Waals surface area contributed by atoms with Crippen LogP contribution in [0.1, 0.15) is 11.1 Å². The zero-order valence-electron chi connectivity index (χ0n) is 6.20. The molecule has 0 fully saturated rings. The predicted octanol–water partition coefficient (Wildman–Crippen LogP) is 3.13. The van der Waals surface area contributed by atoms with Gasteiger partial charge in [0.1, 0.15) is 0 Å². The second-order valence-electron chi connectivity index (χ2n) is 2.26. The summed E-state index contributed by atoms with van der Waals surface area (Å²) in [6.45, 7) is 0. The monoisotopic (exact) mass is 257 g/mol. The number of aromatic nitrogens is 1. The Hall–Kier alpha value is -0.650. The van der Waals surface area contributed by atoms with Crippen molar-refractivity contribution >= 4 is 15.9 Å². The van der Waals surface area contributed by atoms with Crippen LogP contribution in [0.5, 0.6) is 0 Å². The molecule has 0 aliphatic heterocycles. The van der Waals surface area contributed by atoms with Crippen molar-refractivity contribution in [2.24, 2.45) is 0 Å². The van der Waals surface area contributed by atoms with Gasteiger partial charge in [0.2, 0.25) is 5.95 Å². The Bertz CT molecular complexity index is 310. The predicted molar refractivity (Wildman–Crippen MR) is 41.8 cm³/mol. The molecule has 0 aliphatic rings. The van der Waals surface area contributed by atoms with Gasteiger partial charge in [0, 0.05) is 17.1 Å². The summed E-state index contributed by atoms with van der Waals surface area (Å²) in [7, 11) is 0. The highest BCUT2D eigenvalue weighted by atomic mass is 79.9. The third-order valence-corrected chi connectivity index (χ3v) is 2.00. The van der Waals surface area contributed by atoms with Gasteiger partial charge >= 0.3 is 6.18 Å². The molecule has 0 bridgehead atoms. The first-order valence-corrected chi connectivity index (χ1v) is 4.35. The van der Waals surface area contributed by atoms with E-state index in [-0.39, 0.29) is 5.33 Å². The summed E-state index contributed by atoms with van der Waals surface area (Å²) in [5.74, 6) is -1.09. The van der Waals surface area contributed by atoms with Crippen molar-refractivity contribution in [1.29, 1.82) is 0 Å². The number of alkyl halides is 4. The summed E-state index contributed by atoms with van der Waals surface area (Å²) in [5.41, 5.74) is -1.45. The standard InChI is InChI=1S/C7H4BrF4N/c8-3-4-5(7(10,11)12)1-2-13-6(4)9/h1-2H,3H2. The molecule has 6 heteroatoms. The second-order valence-corrected chi connectivity index (χ2v) is 2.82. The molecule has 0 saturated heterocycles. The summed E-state index contributed by atoms with van der Waals surface area (Å²) < 4.78 is 49.3. The van der Waals surface area contributed by atoms with Crippen LogP contribution in [0.4, 0.5) is 17.6 Å². The molecule has 0 unspecified atom stereocenters. The number of rotatable bonds is 1. The van der Waals surface area contributed by atoms with E-state index in [9.17, 15) is 17.6 Å². The lowest BCUT2D eigenvalue weighted by Crippen LogP contribution is -2.10. The van der Waals surface area contributed by atoms with Gasteiger partial charge in [-0.3, -0.25) is 0 Å². The van der Waals surface area contributed by atoms with Crippen LogP contribution in [0.25, 0.3) is 0 Å². The van der Waals surface area contributed by atoms with Crippen molar-refractivity contribution in [3.63, 3.8) is 0 Å². The lowest BCUT2D eigenvalue weighted by Gasteiger charge is -2.10. The van der Waals surface area contributed by atoms with Crippen LogP contribution in [0, 0.1) is 5.95 Å². The molecule has 0 N–H and O–H groups in total. The van der Waals surface area contributed by atoms with E-state index in [0.29, 0.717) is 0 Å². The zero-order valence-corrected chi connectivity index (χ0v) is 7.78. The first kappa shape index (κ1) is 10.4. The molecule has 0 atom stereocenters. The molecule has 0 saturated carbocycles. The SMILES string of the molecule is Fc1nccc(C(F)(F)F)c1CBr. The Kier molecular flexibility index (Phi) is 2.90. The smallest absolute Gasteiger partial charge is 0.228 e. The fraction of sp³-hybridized carbons (Fsp3) is 0.286. The molecule has 0 amide bonds. The highest BCUT2D eigenvalue weighted by Gasteiger charge is 2.34. The Morgan fingerprint density at radius 3 is 2.38 bits per heavy atom. The fourth-order valence-corrected chi connectivity index (χ4v) is 1.39. The maximum Gasteiger partial charge on any atom is 0.416 e. The Balaban J connectivity index is 3.29. The Morgan fingerprint density at radius 2 is 2.00 bits per heavy atom. The van der Waals surface area contributed by atoms with Crippen LogP contribution >= 0.6 is 15.9 Å². The normalized spacial score (nSPS) is 11.8. The van der Waals surface area contributed by atoms with E-state index >= 15 is 0 Å². The summed E-state index contributed by atoms with van der Waals surface area (Å²) in [5, 5.41) is -0.207. The van der Waals surface area contributed by atoms with Gasteiger partial charge in [-0.15, -0.1) is 0 Å². The van der Waals surface area contributed by atoms with E-state index in [1.165, 1.54) is 0 Å². The van der Waals surface area contributed by atoms with Crippen molar-refractivity contribution in [2.45, 2.75) is 11.5 Å². The second kappa shape index (κ2) is 3.61. The van der Waals surface area contributed by atoms with Gasteiger partial charge < -0.3 is 0 Å². The van der Waals surface area contributed by atoms with Gasteiger partial charge in [-0.2, -0.15) is 17.6 Å². The third kappa shape index (κ3) is 2.18. The largest absolute Gasteiger partial charge is 0.416 e. The van der Waals surface area contributed by atoms with Gasteiger partial charge in [0.25, 0.3) is 0 Å². The van der Waals surface area contributed by atoms with Crippen molar-refractivity contribution < 1.29 is 17.6 Å². The average Bonchev–Trinajstić information content (AvgIpc) is 2.02. The van der Waals surface area contributed by atoms with Gasteiger partial charge in [0.15, 0.2) is 0 Å². The van der Waals surface area contributed by atoms with Crippen LogP contribution in [-0.2, 0) is 11.5 Å². The molecule has 1 rings (SSSR count). The Labute approximate surface area is 79.9 Å². The average molecular weight is 258 g/mol. The summed E-state index contributed by atoms with van der Waals surface area (Å²) >= 11 is 2.77. The van der Waals surface area contributed by atoms with Gasteiger partial charge in [0.05, 0.1) is 5.56 Å². The van der Waals surface area contributed by atoms with E-state index in [1.54, 1.807) is 0 Å². The highest BCUT2D eigenvalue weighted by molar-refractivity contribution is 9.08. The van der Waals surface area contributed by atoms with Crippen LogP contribution in [-0.4, -0.2) is 4.98 Å². The number of nitrogens with zero attached hydrogens (tertiary/aromatic N) is 1. The lowest BCUT2D eigenvalue weighted by molar-refractivity contribution is -0.138. The van der Waals surface area contributed by atoms with Crippen molar-refractivity contribution in [3.05, 3.63) is 29.3 Å². The molecule has 72 valence electrons. The van der Waals surface area contributed by atoms with E-state index in [0.717, 1.165) is 12.3 Å². The van der Waals surface area contributed by atoms with Crippen LogP contribution in [0.3, 0.4) is 0 Å². The van der Waals surface area contributed by atoms with Crippen molar-refractivity contribution in [1.82, 2.24) is 4.98 Å². The molecule has 1 heterocycles. The minimum atomic E-state index is -4.53. The lowest BCUT2D eigenvalue weighted by atomic mass is 10.1. The molecule has 0 aliphatic carbocycles. The minimum Gasteiger partial charge on any atom is -0.228 e. The van der Waals surface area contributed by atoms with Crippen LogP contribution < -0.4 is 0 Å². The van der Waals surface area contributed by atoms with E-state index < -0.39 is 23.3 Å². The topological polar surface area (TPSA) is 12.9 Å². The van der Waals surface area contributed by atoms with Crippen LogP contribution in [0.15, 0.2) is 12.3 Å². The fourth-order valence-electron chi connectivity index (χ4n) is 0.860. The van der Waals surface area contributed by atoms with Gasteiger partial charge in [-0.05, 0) is 6.07 Å². The number of hydrogen-bond acceptors (Lipinski definition) is 1. The summed E-state index contributed by atoms with van der Waals surface area (Å²) in [6, 6.07) is 0.750. The maximum atomic E-state index is 12.7. The van der Waals surface area contributed by atoms with Gasteiger partial charge in [-0.1, -0.05) is 15.9 Å². The molecule has 0 spiro atoms. The quantitative estimate of drug-likeness (QED) is 0.428. The van der Waals surface area contributed by atoms with E-state index in [2.05, 4.69) is 20.9 Å². The molecule has 0 radical (unpaired) electrons. The molecule has 0 aromatic carbocycles. The van der Waals surface area contributed by atoms with E-state index in [1.807, 2.05) is 0 Å². The molecule has 1 nitrogen and oxygen atoms in total. The van der Waals surface area contributed by atoms with Crippen molar-refractivity contribution in [3.8, 4) is 0 Å². The van der Waals surface area contributed by atoms with Crippen molar-refractivity contribution in [2.75, 3.05) is 0 Å². The maximum absolute atomic E-state index is 12.7. The molecular formula is C7H4BrF4N. The third-order valence-electron chi connectivity index (χ3n) is 1.44. The Morgan fingerprint density at radius 1 is 1.38 bits per heavy atom. The first-order chi connectivity index (χ1) is 5.96. The number of pyridine rings is 1. The van der Waals surface area contributed by atoms with E-state index in [4.69, 9.17) is 0 Å². The molecule has 13 heavy (non-hydrogen) atoms. The van der Waals surface area contributed by atoms with Crippen LogP contribution in [0.2, 0.25) is 0 Å². The number of hydrogen-bond donors (Lipinski definition) is 0. The number of halogens is 5. The summed E-state index contributed by atoms with van der Waals surface area (Å²) in [6.07, 6.45) is -3.74. The molecular weight excluding hydrogens is 254 g/mol. The zero-order chi connectivity index (χ0) is 10.1. The molecule has 1 aromatic heterocycles. The molecule has 1 aromatic rings. The van der Waals surface area contributed by atoms with Gasteiger partial charge in [-0.25, -0.2) is 4.98 Å². The summed E-state index contributed by atoms with van der Waals surface area (Å²) in [4.78, 5) is 3.13. The highest BCUT2D eigenvalue weighted by Crippen LogP contribution is 2.33.